The second-order valence-electron chi connectivity index (χ2n) is 0. The fourth-order valence-corrected chi connectivity index (χ4v) is 0. The van der Waals surface area contributed by atoms with Crippen LogP contribution in [0.4, 0.5) is 0 Å². The van der Waals surface area contributed by atoms with E-state index in [9.17, 15) is 0 Å². The molecule has 0 aliphatic rings. The van der Waals surface area contributed by atoms with Gasteiger partial charge in [-0.2, -0.15) is 0 Å². The third kappa shape index (κ3) is 8.94. The van der Waals surface area contributed by atoms with Gasteiger partial charge < -0.3 is 11.0 Å². The molecule has 2 nitrogen and oxygen atoms in total. The summed E-state index contributed by atoms with van der Waals surface area (Å²) in [6.45, 7) is 0. The molecule has 0 aliphatic carbocycles. The SMILES string of the molecule is [O-2].[O-2].[Tb+3].[Zr+4]. The van der Waals surface area contributed by atoms with E-state index in [0.717, 1.165) is 0 Å². The molecule has 4 heteroatoms. The van der Waals surface area contributed by atoms with Gasteiger partial charge >= 0.3 is 64.8 Å². The molecule has 4 heavy (non-hydrogen) atoms. The number of hydrogen-bond donors (Lipinski definition) is 0. The van der Waals surface area contributed by atoms with Crippen LogP contribution in [0.3, 0.4) is 0 Å². The molecule has 0 aromatic rings. The Bertz CT molecular complexity index is 6.00. The van der Waals surface area contributed by atoms with Crippen molar-refractivity contribution in [2.24, 2.45) is 0 Å². The maximum Gasteiger partial charge on any atom is 4.00 e. The Morgan fingerprint density at radius 2 is 0.750 bits per heavy atom. The van der Waals surface area contributed by atoms with E-state index < -0.39 is 0 Å². The number of rotatable bonds is 0. The normalized spacial score (nSPS) is 0. The van der Waals surface area contributed by atoms with E-state index in [2.05, 4.69) is 0 Å². The minimum atomic E-state index is 0. The summed E-state index contributed by atoms with van der Waals surface area (Å²) >= 11 is 0. The van der Waals surface area contributed by atoms with E-state index in [0.29, 0.717) is 0 Å². The molecule has 0 rings (SSSR count). The summed E-state index contributed by atoms with van der Waals surface area (Å²) in [6, 6.07) is 0. The summed E-state index contributed by atoms with van der Waals surface area (Å²) in [5, 5.41) is 0. The van der Waals surface area contributed by atoms with E-state index in [1.54, 1.807) is 0 Å². The molecule has 0 fully saturated rings. The van der Waals surface area contributed by atoms with Crippen molar-refractivity contribution < 1.29 is 75.8 Å². The summed E-state index contributed by atoms with van der Waals surface area (Å²) < 4.78 is 0. The first-order chi connectivity index (χ1) is 0. The molecule has 0 saturated heterocycles. The molecule has 0 atom stereocenters. The van der Waals surface area contributed by atoms with Gasteiger partial charge in [0.2, 0.25) is 0 Å². The Morgan fingerprint density at radius 1 is 0.750 bits per heavy atom. The van der Waals surface area contributed by atoms with Gasteiger partial charge in [-0.05, 0) is 0 Å². The second kappa shape index (κ2) is 19.5. The van der Waals surface area contributed by atoms with Crippen LogP contribution in [0, 0.1) is 38.6 Å². The smallest absolute Gasteiger partial charge is 2.00 e. The molecule has 0 N–H and O–H groups in total. The van der Waals surface area contributed by atoms with Gasteiger partial charge in [0.15, 0.2) is 0 Å². The zero-order valence-electron chi connectivity index (χ0n) is 1.65. The predicted molar refractivity (Wildman–Crippen MR) is 1.37 cm³/mol. The van der Waals surface area contributed by atoms with Crippen molar-refractivity contribution in [1.29, 1.82) is 0 Å². The van der Waals surface area contributed by atoms with Crippen molar-refractivity contribution in [3.63, 3.8) is 0 Å². The van der Waals surface area contributed by atoms with Crippen LogP contribution in [0.15, 0.2) is 0 Å². The Hall–Kier alpha value is 2.09. The zero-order valence-corrected chi connectivity index (χ0v) is 6.25. The quantitative estimate of drug-likeness (QED) is 0.589. The van der Waals surface area contributed by atoms with E-state index in [4.69, 9.17) is 0 Å². The van der Waals surface area contributed by atoms with Gasteiger partial charge in [-0.1, -0.05) is 0 Å². The second-order valence-corrected chi connectivity index (χ2v) is 0. The minimum absolute atomic E-state index is 0. The van der Waals surface area contributed by atoms with Crippen LogP contribution in [0.2, 0.25) is 0 Å². The van der Waals surface area contributed by atoms with Crippen LogP contribution < -0.4 is 0 Å². The van der Waals surface area contributed by atoms with Crippen LogP contribution >= 0.6 is 0 Å². The van der Waals surface area contributed by atoms with Crippen molar-refractivity contribution in [2.45, 2.75) is 0 Å². The summed E-state index contributed by atoms with van der Waals surface area (Å²) in [5.41, 5.74) is 0. The van der Waals surface area contributed by atoms with Crippen molar-refractivity contribution in [3.8, 4) is 0 Å². The Morgan fingerprint density at radius 3 is 0.750 bits per heavy atom. The molecule has 0 aliphatic heterocycles. The van der Waals surface area contributed by atoms with E-state index >= 15 is 0 Å². The fraction of sp³-hybridized carbons (Fsp3) is 0. The third-order valence-electron chi connectivity index (χ3n) is 0. The molecule has 0 unspecified atom stereocenters. The first-order valence-electron chi connectivity index (χ1n) is 0. The topological polar surface area (TPSA) is 57.0 Å². The van der Waals surface area contributed by atoms with Crippen LogP contribution in [-0.2, 0) is 37.2 Å². The van der Waals surface area contributed by atoms with E-state index in [1.165, 1.54) is 0 Å². The molecule has 0 bridgehead atoms. The van der Waals surface area contributed by atoms with Gasteiger partial charge in [0.25, 0.3) is 0 Å². The summed E-state index contributed by atoms with van der Waals surface area (Å²) in [7, 11) is 0. The average Bonchev–Trinajstić information content (AvgIpc) is 0. The van der Waals surface area contributed by atoms with E-state index in [-0.39, 0.29) is 75.8 Å². The fourth-order valence-electron chi connectivity index (χ4n) is 0. The largest absolute Gasteiger partial charge is 4.00 e. The van der Waals surface area contributed by atoms with Crippen molar-refractivity contribution >= 4 is 0 Å². The van der Waals surface area contributed by atoms with Gasteiger partial charge in [0, 0.05) is 0 Å². The Balaban J connectivity index is 0. The van der Waals surface area contributed by atoms with Crippen LogP contribution in [-0.4, -0.2) is 0 Å². The molecule has 0 amide bonds. The molecule has 0 heterocycles. The van der Waals surface area contributed by atoms with Crippen molar-refractivity contribution in [3.05, 3.63) is 0 Å². The number of hydrogen-bond acceptors (Lipinski definition) is 0. The van der Waals surface area contributed by atoms with Gasteiger partial charge in [0.1, 0.15) is 0 Å². The molecule has 0 radical (unpaired) electrons. The first kappa shape index (κ1) is 36.1. The molecule has 22 valence electrons. The summed E-state index contributed by atoms with van der Waals surface area (Å²) in [6.07, 6.45) is 0. The average molecular weight is 282 g/mol. The minimum Gasteiger partial charge on any atom is -2.00 e. The molecule has 0 aromatic heterocycles. The maximum absolute atomic E-state index is 0. The molecular weight excluding hydrogens is 282 g/mol. The Kier molecular flexibility index (Phi) is 176. The first-order valence-corrected chi connectivity index (χ1v) is 0. The van der Waals surface area contributed by atoms with Gasteiger partial charge in [-0.15, -0.1) is 0 Å². The monoisotopic (exact) mass is 281 g/mol. The maximum atomic E-state index is 0. The molecule has 0 aromatic carbocycles. The van der Waals surface area contributed by atoms with Gasteiger partial charge in [-0.3, -0.25) is 0 Å². The molecule has 0 spiro atoms. The molecular formula is O2TbZr+3. The summed E-state index contributed by atoms with van der Waals surface area (Å²) in [5.74, 6) is 0. The predicted octanol–water partition coefficient (Wildman–Crippen LogP) is -0.240. The zero-order chi connectivity index (χ0) is 0. The summed E-state index contributed by atoms with van der Waals surface area (Å²) in [4.78, 5) is 0. The van der Waals surface area contributed by atoms with E-state index in [1.807, 2.05) is 0 Å². The van der Waals surface area contributed by atoms with Crippen LogP contribution in [0.25, 0.3) is 0 Å². The Labute approximate surface area is 74.5 Å². The van der Waals surface area contributed by atoms with Gasteiger partial charge in [-0.25, -0.2) is 0 Å². The van der Waals surface area contributed by atoms with Crippen LogP contribution in [0.5, 0.6) is 0 Å². The standard InChI is InChI=1S/2O.Tb.Zr/q2*-2;+3;+4. The third-order valence-corrected chi connectivity index (χ3v) is 0. The van der Waals surface area contributed by atoms with Gasteiger partial charge in [0.05, 0.1) is 0 Å². The van der Waals surface area contributed by atoms with Crippen molar-refractivity contribution in [2.75, 3.05) is 0 Å². The van der Waals surface area contributed by atoms with Crippen LogP contribution in [0.1, 0.15) is 0 Å². The van der Waals surface area contributed by atoms with Crippen molar-refractivity contribution in [1.82, 2.24) is 0 Å². The molecule has 0 saturated carbocycles.